The first-order valence-electron chi connectivity index (χ1n) is 8.02. The highest BCUT2D eigenvalue weighted by Gasteiger charge is 2.23. The van der Waals surface area contributed by atoms with Crippen molar-refractivity contribution in [2.75, 3.05) is 19.6 Å². The van der Waals surface area contributed by atoms with Crippen molar-refractivity contribution in [1.82, 2.24) is 14.5 Å². The number of hydrogen-bond acceptors (Lipinski definition) is 2. The average Bonchev–Trinajstić information content (AvgIpc) is 2.82. The fourth-order valence-corrected chi connectivity index (χ4v) is 3.63. The van der Waals surface area contributed by atoms with E-state index in [1.807, 2.05) is 0 Å². The molecule has 1 unspecified atom stereocenters. The zero-order valence-electron chi connectivity index (χ0n) is 12.4. The number of piperidine rings is 1. The van der Waals surface area contributed by atoms with E-state index in [0.29, 0.717) is 0 Å². The summed E-state index contributed by atoms with van der Waals surface area (Å²) in [6, 6.07) is 0. The average molecular weight is 261 g/mol. The summed E-state index contributed by atoms with van der Waals surface area (Å²) in [6.45, 7) is 9.60. The Morgan fingerprint density at radius 2 is 2.00 bits per heavy atom. The Kier molecular flexibility index (Phi) is 3.92. The molecule has 3 heterocycles. The van der Waals surface area contributed by atoms with E-state index in [4.69, 9.17) is 4.98 Å². The molecule has 2 aliphatic rings. The highest BCUT2D eigenvalue weighted by molar-refractivity contribution is 5.09. The molecule has 1 aromatic rings. The minimum atomic E-state index is 0.838. The van der Waals surface area contributed by atoms with Crippen LogP contribution in [0.2, 0.25) is 0 Å². The molecule has 19 heavy (non-hydrogen) atoms. The predicted molar refractivity (Wildman–Crippen MR) is 78.3 cm³/mol. The van der Waals surface area contributed by atoms with E-state index >= 15 is 0 Å². The van der Waals surface area contributed by atoms with Gasteiger partial charge in [0.1, 0.15) is 5.82 Å². The second kappa shape index (κ2) is 5.66. The molecule has 3 nitrogen and oxygen atoms in total. The molecule has 1 saturated heterocycles. The molecule has 106 valence electrons. The van der Waals surface area contributed by atoms with Crippen LogP contribution in [0.4, 0.5) is 0 Å². The SMILES string of the molecule is CCN1CCC(Cc2ncc3n2CCC(C)C3)CC1. The number of hydrogen-bond donors (Lipinski definition) is 0. The van der Waals surface area contributed by atoms with Crippen LogP contribution in [-0.4, -0.2) is 34.1 Å². The molecule has 3 rings (SSSR count). The Hall–Kier alpha value is -0.830. The van der Waals surface area contributed by atoms with Gasteiger partial charge in [-0.3, -0.25) is 0 Å². The van der Waals surface area contributed by atoms with Gasteiger partial charge in [0.25, 0.3) is 0 Å². The van der Waals surface area contributed by atoms with Crippen molar-refractivity contribution in [3.63, 3.8) is 0 Å². The molecule has 0 bridgehead atoms. The van der Waals surface area contributed by atoms with Crippen molar-refractivity contribution in [3.05, 3.63) is 17.7 Å². The van der Waals surface area contributed by atoms with Crippen molar-refractivity contribution in [1.29, 1.82) is 0 Å². The highest BCUT2D eigenvalue weighted by Crippen LogP contribution is 2.25. The van der Waals surface area contributed by atoms with Crippen LogP contribution < -0.4 is 0 Å². The van der Waals surface area contributed by atoms with Crippen molar-refractivity contribution in [2.24, 2.45) is 11.8 Å². The highest BCUT2D eigenvalue weighted by atomic mass is 15.1. The zero-order valence-corrected chi connectivity index (χ0v) is 12.4. The maximum Gasteiger partial charge on any atom is 0.109 e. The third-order valence-electron chi connectivity index (χ3n) is 5.05. The van der Waals surface area contributed by atoms with E-state index < -0.39 is 0 Å². The molecular formula is C16H27N3. The lowest BCUT2D eigenvalue weighted by Gasteiger charge is -2.31. The predicted octanol–water partition coefficient (Wildman–Crippen LogP) is 2.74. The van der Waals surface area contributed by atoms with Crippen LogP contribution >= 0.6 is 0 Å². The molecule has 0 amide bonds. The molecule has 1 fully saturated rings. The Labute approximate surface area is 117 Å². The van der Waals surface area contributed by atoms with Crippen molar-refractivity contribution < 1.29 is 0 Å². The van der Waals surface area contributed by atoms with E-state index in [1.54, 1.807) is 0 Å². The zero-order chi connectivity index (χ0) is 13.2. The first-order chi connectivity index (χ1) is 9.26. The number of nitrogens with zero attached hydrogens (tertiary/aromatic N) is 3. The minimum absolute atomic E-state index is 0.838. The van der Waals surface area contributed by atoms with E-state index in [1.165, 1.54) is 69.8 Å². The third-order valence-corrected chi connectivity index (χ3v) is 5.05. The number of likely N-dealkylation sites (tertiary alicyclic amines) is 1. The standard InChI is InChI=1S/C16H27N3/c1-3-18-7-5-14(6-8-18)11-16-17-12-15-10-13(2)4-9-19(15)16/h12-14H,3-11H2,1-2H3. The van der Waals surface area contributed by atoms with Gasteiger partial charge in [0.15, 0.2) is 0 Å². The first-order valence-corrected chi connectivity index (χ1v) is 8.02. The minimum Gasteiger partial charge on any atom is -0.332 e. The van der Waals surface area contributed by atoms with Crippen molar-refractivity contribution in [3.8, 4) is 0 Å². The van der Waals surface area contributed by atoms with Crippen LogP contribution in [0.1, 0.15) is 44.6 Å². The van der Waals surface area contributed by atoms with Crippen LogP contribution in [0.15, 0.2) is 6.20 Å². The molecule has 0 radical (unpaired) electrons. The summed E-state index contributed by atoms with van der Waals surface area (Å²) in [5.74, 6) is 3.05. The fourth-order valence-electron chi connectivity index (χ4n) is 3.63. The smallest absolute Gasteiger partial charge is 0.109 e. The van der Waals surface area contributed by atoms with Gasteiger partial charge in [0.05, 0.1) is 0 Å². The van der Waals surface area contributed by atoms with Crippen molar-refractivity contribution >= 4 is 0 Å². The molecule has 1 aromatic heterocycles. The normalized spacial score (nSPS) is 25.5. The lowest BCUT2D eigenvalue weighted by molar-refractivity contribution is 0.190. The van der Waals surface area contributed by atoms with E-state index in [-0.39, 0.29) is 0 Å². The molecule has 0 spiro atoms. The number of imidazole rings is 1. The lowest BCUT2D eigenvalue weighted by Crippen LogP contribution is -2.34. The van der Waals surface area contributed by atoms with Gasteiger partial charge in [0, 0.05) is 24.9 Å². The van der Waals surface area contributed by atoms with Crippen LogP contribution in [0, 0.1) is 11.8 Å². The molecular weight excluding hydrogens is 234 g/mol. The van der Waals surface area contributed by atoms with Gasteiger partial charge in [-0.25, -0.2) is 4.98 Å². The Bertz CT molecular complexity index is 416. The third kappa shape index (κ3) is 2.86. The van der Waals surface area contributed by atoms with Crippen LogP contribution in [0.5, 0.6) is 0 Å². The number of rotatable bonds is 3. The second-order valence-corrected chi connectivity index (χ2v) is 6.50. The van der Waals surface area contributed by atoms with Crippen LogP contribution in [0.3, 0.4) is 0 Å². The quantitative estimate of drug-likeness (QED) is 0.834. The maximum absolute atomic E-state index is 4.71. The van der Waals surface area contributed by atoms with E-state index in [0.717, 1.165) is 11.8 Å². The Morgan fingerprint density at radius 1 is 1.21 bits per heavy atom. The number of aromatic nitrogens is 2. The van der Waals surface area contributed by atoms with Crippen LogP contribution in [0.25, 0.3) is 0 Å². The topological polar surface area (TPSA) is 21.1 Å². The molecule has 0 N–H and O–H groups in total. The lowest BCUT2D eigenvalue weighted by atomic mass is 9.93. The summed E-state index contributed by atoms with van der Waals surface area (Å²) in [5.41, 5.74) is 1.47. The van der Waals surface area contributed by atoms with E-state index in [9.17, 15) is 0 Å². The van der Waals surface area contributed by atoms with Crippen LogP contribution in [-0.2, 0) is 19.4 Å². The van der Waals surface area contributed by atoms with Gasteiger partial charge in [-0.2, -0.15) is 0 Å². The molecule has 0 aliphatic carbocycles. The summed E-state index contributed by atoms with van der Waals surface area (Å²) >= 11 is 0. The van der Waals surface area contributed by atoms with Gasteiger partial charge in [-0.15, -0.1) is 0 Å². The summed E-state index contributed by atoms with van der Waals surface area (Å²) in [5, 5.41) is 0. The van der Waals surface area contributed by atoms with Gasteiger partial charge in [0.2, 0.25) is 0 Å². The molecule has 0 aromatic carbocycles. The van der Waals surface area contributed by atoms with Gasteiger partial charge >= 0.3 is 0 Å². The van der Waals surface area contributed by atoms with E-state index in [2.05, 4.69) is 29.5 Å². The monoisotopic (exact) mass is 261 g/mol. The largest absolute Gasteiger partial charge is 0.332 e. The molecule has 1 atom stereocenters. The summed E-state index contributed by atoms with van der Waals surface area (Å²) in [7, 11) is 0. The Morgan fingerprint density at radius 3 is 2.74 bits per heavy atom. The maximum atomic E-state index is 4.71. The molecule has 2 aliphatic heterocycles. The van der Waals surface area contributed by atoms with Gasteiger partial charge in [-0.1, -0.05) is 13.8 Å². The van der Waals surface area contributed by atoms with Gasteiger partial charge in [-0.05, 0) is 57.2 Å². The van der Waals surface area contributed by atoms with Gasteiger partial charge < -0.3 is 9.47 Å². The fraction of sp³-hybridized carbons (Fsp3) is 0.812. The number of fused-ring (bicyclic) bond motifs is 1. The van der Waals surface area contributed by atoms with Crippen molar-refractivity contribution in [2.45, 2.75) is 52.5 Å². The Balaban J connectivity index is 1.62. The first kappa shape index (κ1) is 13.2. The second-order valence-electron chi connectivity index (χ2n) is 6.50. The summed E-state index contributed by atoms with van der Waals surface area (Å²) in [4.78, 5) is 7.28. The molecule has 3 heteroatoms. The summed E-state index contributed by atoms with van der Waals surface area (Å²) < 4.78 is 2.51. The summed E-state index contributed by atoms with van der Waals surface area (Å²) in [6.07, 6.45) is 8.59. The molecule has 0 saturated carbocycles.